The number of carbonyl (C=O) groups excluding carboxylic acids is 1. The Labute approximate surface area is 185 Å². The van der Waals surface area contributed by atoms with Gasteiger partial charge in [-0.1, -0.05) is 18.2 Å². The van der Waals surface area contributed by atoms with Crippen molar-refractivity contribution in [1.82, 2.24) is 9.80 Å². The molecule has 0 spiro atoms. The third-order valence-corrected chi connectivity index (χ3v) is 6.04. The smallest absolute Gasteiger partial charge is 0.260 e. The molecular weight excluding hydrogens is 393 g/mol. The molecular formula is C25H34FN3O2. The number of nitrogens with zero attached hydrogens (tertiary/aromatic N) is 3. The molecule has 1 amide bonds. The first-order chi connectivity index (χ1) is 14.9. The fraction of sp³-hybridized carbons (Fsp3) is 0.480. The number of amides is 1. The number of piperazine rings is 1. The molecule has 5 nitrogen and oxygen atoms in total. The van der Waals surface area contributed by atoms with Gasteiger partial charge in [-0.2, -0.15) is 0 Å². The Morgan fingerprint density at radius 1 is 1.06 bits per heavy atom. The summed E-state index contributed by atoms with van der Waals surface area (Å²) in [6.45, 7) is 12.5. The number of hydrogen-bond acceptors (Lipinski definition) is 4. The summed E-state index contributed by atoms with van der Waals surface area (Å²) in [5, 5.41) is 0. The monoisotopic (exact) mass is 427 g/mol. The molecule has 1 aliphatic heterocycles. The van der Waals surface area contributed by atoms with Crippen molar-refractivity contribution in [3.63, 3.8) is 0 Å². The van der Waals surface area contributed by atoms with E-state index in [-0.39, 0.29) is 30.4 Å². The van der Waals surface area contributed by atoms with E-state index in [2.05, 4.69) is 43.6 Å². The van der Waals surface area contributed by atoms with Crippen LogP contribution in [0.15, 0.2) is 48.5 Å². The van der Waals surface area contributed by atoms with Gasteiger partial charge in [-0.3, -0.25) is 9.69 Å². The number of anilines is 1. The van der Waals surface area contributed by atoms with Crippen LogP contribution in [0.2, 0.25) is 0 Å². The molecule has 0 unspecified atom stereocenters. The lowest BCUT2D eigenvalue weighted by atomic mass is 10.1. The van der Waals surface area contributed by atoms with Gasteiger partial charge in [-0.25, -0.2) is 4.39 Å². The molecule has 2 aromatic rings. The molecule has 1 fully saturated rings. The van der Waals surface area contributed by atoms with Crippen molar-refractivity contribution in [2.45, 2.75) is 46.3 Å². The van der Waals surface area contributed by atoms with Crippen LogP contribution in [0.4, 0.5) is 10.1 Å². The first kappa shape index (κ1) is 23.1. The lowest BCUT2D eigenvalue weighted by Gasteiger charge is -2.44. The molecule has 1 saturated heterocycles. The summed E-state index contributed by atoms with van der Waals surface area (Å²) in [7, 11) is 0. The van der Waals surface area contributed by atoms with Crippen LogP contribution in [-0.4, -0.2) is 60.6 Å². The van der Waals surface area contributed by atoms with E-state index in [1.165, 1.54) is 12.1 Å². The number of halogens is 1. The number of rotatable bonds is 8. The molecule has 6 heteroatoms. The SMILES string of the molecule is CCN(CC)c1cccc(OCC(=O)N2C[C@H](C)N(Cc3ccc(F)cc3)C[C@H]2C)c1. The number of hydrogen-bond donors (Lipinski definition) is 0. The topological polar surface area (TPSA) is 36.0 Å². The Balaban J connectivity index is 1.55. The number of benzene rings is 2. The van der Waals surface area contributed by atoms with E-state index in [9.17, 15) is 9.18 Å². The largest absolute Gasteiger partial charge is 0.484 e. The van der Waals surface area contributed by atoms with Gasteiger partial charge in [0.1, 0.15) is 11.6 Å². The molecule has 3 rings (SSSR count). The van der Waals surface area contributed by atoms with Crippen molar-refractivity contribution < 1.29 is 13.9 Å². The zero-order valence-corrected chi connectivity index (χ0v) is 19.1. The molecule has 2 atom stereocenters. The maximum absolute atomic E-state index is 13.2. The predicted octanol–water partition coefficient (Wildman–Crippen LogP) is 4.17. The highest BCUT2D eigenvalue weighted by Crippen LogP contribution is 2.22. The second-order valence-corrected chi connectivity index (χ2v) is 8.26. The highest BCUT2D eigenvalue weighted by atomic mass is 19.1. The molecule has 0 N–H and O–H groups in total. The summed E-state index contributed by atoms with van der Waals surface area (Å²) in [6, 6.07) is 14.9. The first-order valence-electron chi connectivity index (χ1n) is 11.2. The van der Waals surface area contributed by atoms with Crippen LogP contribution in [0.3, 0.4) is 0 Å². The summed E-state index contributed by atoms with van der Waals surface area (Å²) in [6.07, 6.45) is 0. The minimum absolute atomic E-state index is 0.00836. The number of carbonyl (C=O) groups is 1. The van der Waals surface area contributed by atoms with Gasteiger partial charge < -0.3 is 14.5 Å². The first-order valence-corrected chi connectivity index (χ1v) is 11.2. The van der Waals surface area contributed by atoms with Crippen molar-refractivity contribution >= 4 is 11.6 Å². The average Bonchev–Trinajstić information content (AvgIpc) is 2.77. The fourth-order valence-corrected chi connectivity index (χ4v) is 4.18. The Morgan fingerprint density at radius 2 is 1.77 bits per heavy atom. The van der Waals surface area contributed by atoms with Crippen molar-refractivity contribution in [2.24, 2.45) is 0 Å². The van der Waals surface area contributed by atoms with Crippen LogP contribution < -0.4 is 9.64 Å². The van der Waals surface area contributed by atoms with Crippen LogP contribution in [0, 0.1) is 5.82 Å². The predicted molar refractivity (Wildman–Crippen MR) is 123 cm³/mol. The van der Waals surface area contributed by atoms with Gasteiger partial charge >= 0.3 is 0 Å². The van der Waals surface area contributed by atoms with Crippen molar-refractivity contribution in [3.8, 4) is 5.75 Å². The van der Waals surface area contributed by atoms with E-state index < -0.39 is 0 Å². The summed E-state index contributed by atoms with van der Waals surface area (Å²) in [5.74, 6) is 0.505. The molecule has 0 aromatic heterocycles. The summed E-state index contributed by atoms with van der Waals surface area (Å²) in [4.78, 5) is 19.4. The number of ether oxygens (including phenoxy) is 1. The quantitative estimate of drug-likeness (QED) is 0.634. The maximum atomic E-state index is 13.2. The Hall–Kier alpha value is -2.60. The highest BCUT2D eigenvalue weighted by molar-refractivity contribution is 5.78. The Kier molecular flexibility index (Phi) is 7.91. The van der Waals surface area contributed by atoms with Crippen molar-refractivity contribution in [1.29, 1.82) is 0 Å². The van der Waals surface area contributed by atoms with Crippen molar-refractivity contribution in [3.05, 3.63) is 59.9 Å². The van der Waals surface area contributed by atoms with E-state index in [1.54, 1.807) is 0 Å². The van der Waals surface area contributed by atoms with Gasteiger partial charge in [-0.05, 0) is 57.5 Å². The van der Waals surface area contributed by atoms with Crippen molar-refractivity contribution in [2.75, 3.05) is 37.7 Å². The van der Waals surface area contributed by atoms with E-state index in [0.29, 0.717) is 12.3 Å². The van der Waals surface area contributed by atoms with Gasteiger partial charge in [0.2, 0.25) is 0 Å². The average molecular weight is 428 g/mol. The molecule has 31 heavy (non-hydrogen) atoms. The van der Waals surface area contributed by atoms with E-state index >= 15 is 0 Å². The summed E-state index contributed by atoms with van der Waals surface area (Å²) >= 11 is 0. The van der Waals surface area contributed by atoms with Gasteiger partial charge in [0.05, 0.1) is 0 Å². The van der Waals surface area contributed by atoms with Crippen LogP contribution in [0.1, 0.15) is 33.3 Å². The molecule has 2 aromatic carbocycles. The third-order valence-electron chi connectivity index (χ3n) is 6.04. The minimum atomic E-state index is -0.219. The Morgan fingerprint density at radius 3 is 2.45 bits per heavy atom. The maximum Gasteiger partial charge on any atom is 0.260 e. The summed E-state index contributed by atoms with van der Waals surface area (Å²) in [5.41, 5.74) is 2.18. The molecule has 1 aliphatic rings. The fourth-order valence-electron chi connectivity index (χ4n) is 4.18. The van der Waals surface area contributed by atoms with Crippen LogP contribution in [-0.2, 0) is 11.3 Å². The summed E-state index contributed by atoms with van der Waals surface area (Å²) < 4.78 is 19.0. The van der Waals surface area contributed by atoms with Crippen LogP contribution >= 0.6 is 0 Å². The normalized spacial score (nSPS) is 19.3. The highest BCUT2D eigenvalue weighted by Gasteiger charge is 2.32. The van der Waals surface area contributed by atoms with Gasteiger partial charge in [-0.15, -0.1) is 0 Å². The van der Waals surface area contributed by atoms with Gasteiger partial charge in [0, 0.05) is 56.6 Å². The second kappa shape index (κ2) is 10.6. The van der Waals surface area contributed by atoms with Gasteiger partial charge in [0.25, 0.3) is 5.91 Å². The molecule has 0 bridgehead atoms. The zero-order chi connectivity index (χ0) is 22.4. The second-order valence-electron chi connectivity index (χ2n) is 8.26. The standard InChI is InChI=1S/C25H34FN3O2/c1-5-27(6-2)23-8-7-9-24(14-23)31-18-25(30)29-16-19(3)28(15-20(29)4)17-21-10-12-22(26)13-11-21/h7-14,19-20H,5-6,15-18H2,1-4H3/t19-,20+/m0/s1. The molecule has 1 heterocycles. The minimum Gasteiger partial charge on any atom is -0.484 e. The zero-order valence-electron chi connectivity index (χ0n) is 19.1. The molecule has 168 valence electrons. The van der Waals surface area contributed by atoms with E-state index in [1.807, 2.05) is 35.2 Å². The Bertz CT molecular complexity index is 854. The van der Waals surface area contributed by atoms with E-state index in [4.69, 9.17) is 4.74 Å². The third kappa shape index (κ3) is 5.97. The van der Waals surface area contributed by atoms with Crippen LogP contribution in [0.5, 0.6) is 5.75 Å². The molecule has 0 radical (unpaired) electrons. The lowest BCUT2D eigenvalue weighted by molar-refractivity contribution is -0.139. The lowest BCUT2D eigenvalue weighted by Crippen LogP contribution is -2.58. The van der Waals surface area contributed by atoms with Gasteiger partial charge in [0.15, 0.2) is 6.61 Å². The van der Waals surface area contributed by atoms with Crippen LogP contribution in [0.25, 0.3) is 0 Å². The van der Waals surface area contributed by atoms with E-state index in [0.717, 1.165) is 37.4 Å². The molecule has 0 aliphatic carbocycles. The molecule has 0 saturated carbocycles.